The van der Waals surface area contributed by atoms with E-state index in [0.29, 0.717) is 0 Å². The fourth-order valence-corrected chi connectivity index (χ4v) is 1.35. The van der Waals surface area contributed by atoms with E-state index in [2.05, 4.69) is 4.98 Å². The van der Waals surface area contributed by atoms with Crippen LogP contribution in [0.25, 0.3) is 0 Å². The quantitative estimate of drug-likeness (QED) is 0.817. The first-order chi connectivity index (χ1) is 7.07. The lowest BCUT2D eigenvalue weighted by Gasteiger charge is -2.20. The van der Waals surface area contributed by atoms with Crippen molar-refractivity contribution < 1.29 is 4.79 Å². The third kappa shape index (κ3) is 2.38. The maximum absolute atomic E-state index is 11.9. The number of nitrogens with one attached hydrogen (secondary N) is 1. The Kier molecular flexibility index (Phi) is 3.51. The van der Waals surface area contributed by atoms with Gasteiger partial charge in [-0.1, -0.05) is 13.8 Å². The summed E-state index contributed by atoms with van der Waals surface area (Å²) in [6, 6.07) is 3.84. The first-order valence-electron chi connectivity index (χ1n) is 4.88. The number of nitriles is 1. The Hall–Kier alpha value is -1.76. The highest BCUT2D eigenvalue weighted by molar-refractivity contribution is 5.96. The molecule has 1 rings (SSSR count). The summed E-state index contributed by atoms with van der Waals surface area (Å²) in [5.74, 6) is -0.708. The van der Waals surface area contributed by atoms with Crippen LogP contribution in [0.15, 0.2) is 18.5 Å². The van der Waals surface area contributed by atoms with Gasteiger partial charge in [-0.15, -0.1) is 0 Å². The number of carbonyl (C=O) groups excluding carboxylic acids is 1. The number of amides is 1. The van der Waals surface area contributed by atoms with E-state index in [1.807, 2.05) is 19.9 Å². The molecule has 0 aliphatic rings. The van der Waals surface area contributed by atoms with Gasteiger partial charge in [0.15, 0.2) is 0 Å². The van der Waals surface area contributed by atoms with Gasteiger partial charge in [-0.25, -0.2) is 0 Å². The number of rotatable bonds is 3. The van der Waals surface area contributed by atoms with Crippen molar-refractivity contribution in [3.8, 4) is 6.07 Å². The molecule has 1 amide bonds. The molecule has 0 saturated heterocycles. The average Bonchev–Trinajstić information content (AvgIpc) is 2.69. The largest absolute Gasteiger partial charge is 0.366 e. The first-order valence-corrected chi connectivity index (χ1v) is 4.88. The van der Waals surface area contributed by atoms with Gasteiger partial charge in [0.25, 0.3) is 0 Å². The molecular weight excluding hydrogens is 190 g/mol. The molecule has 1 unspecified atom stereocenters. The molecule has 4 heteroatoms. The molecule has 1 aromatic rings. The van der Waals surface area contributed by atoms with Gasteiger partial charge >= 0.3 is 0 Å². The summed E-state index contributed by atoms with van der Waals surface area (Å²) in [5, 5.41) is 8.91. The van der Waals surface area contributed by atoms with E-state index in [4.69, 9.17) is 5.26 Å². The van der Waals surface area contributed by atoms with Crippen LogP contribution in [0.3, 0.4) is 0 Å². The highest BCUT2D eigenvalue weighted by Gasteiger charge is 2.25. The molecule has 0 saturated carbocycles. The molecule has 1 heterocycles. The normalized spacial score (nSPS) is 12.2. The van der Waals surface area contributed by atoms with Crippen LogP contribution in [-0.4, -0.2) is 17.9 Å². The van der Waals surface area contributed by atoms with E-state index < -0.39 is 5.92 Å². The van der Waals surface area contributed by atoms with E-state index in [1.54, 1.807) is 25.5 Å². The number of nitrogens with zero attached hydrogens (tertiary/aromatic N) is 2. The highest BCUT2D eigenvalue weighted by Crippen LogP contribution is 2.17. The van der Waals surface area contributed by atoms with Crippen LogP contribution in [0, 0.1) is 23.2 Å². The molecule has 4 nitrogen and oxygen atoms in total. The van der Waals surface area contributed by atoms with Crippen molar-refractivity contribution in [3.05, 3.63) is 18.5 Å². The van der Waals surface area contributed by atoms with E-state index in [1.165, 1.54) is 4.90 Å². The molecule has 0 aliphatic carbocycles. The van der Waals surface area contributed by atoms with Gasteiger partial charge < -0.3 is 9.88 Å². The van der Waals surface area contributed by atoms with Crippen LogP contribution < -0.4 is 4.90 Å². The van der Waals surface area contributed by atoms with Crippen LogP contribution in [0.5, 0.6) is 0 Å². The predicted octanol–water partition coefficient (Wildman–Crippen LogP) is 1.77. The minimum Gasteiger partial charge on any atom is -0.366 e. The third-order valence-corrected chi connectivity index (χ3v) is 2.37. The molecule has 0 aromatic carbocycles. The number of carbonyl (C=O) groups is 1. The Morgan fingerprint density at radius 2 is 2.27 bits per heavy atom. The topological polar surface area (TPSA) is 59.9 Å². The Labute approximate surface area is 89.5 Å². The molecule has 0 radical (unpaired) electrons. The van der Waals surface area contributed by atoms with E-state index >= 15 is 0 Å². The Morgan fingerprint density at radius 1 is 1.60 bits per heavy atom. The van der Waals surface area contributed by atoms with Gasteiger partial charge in [-0.3, -0.25) is 4.79 Å². The molecule has 0 aliphatic heterocycles. The van der Waals surface area contributed by atoms with Crippen molar-refractivity contribution in [2.75, 3.05) is 11.9 Å². The van der Waals surface area contributed by atoms with Crippen molar-refractivity contribution in [2.24, 2.45) is 11.8 Å². The molecule has 0 fully saturated rings. The summed E-state index contributed by atoms with van der Waals surface area (Å²) in [4.78, 5) is 16.3. The molecule has 0 spiro atoms. The molecule has 1 N–H and O–H groups in total. The first kappa shape index (κ1) is 11.3. The number of aromatic amines is 1. The Morgan fingerprint density at radius 3 is 2.67 bits per heavy atom. The molecule has 1 aromatic heterocycles. The smallest absolute Gasteiger partial charge is 0.244 e. The van der Waals surface area contributed by atoms with Crippen molar-refractivity contribution in [1.82, 2.24) is 4.98 Å². The summed E-state index contributed by atoms with van der Waals surface area (Å²) in [6.45, 7) is 3.74. The van der Waals surface area contributed by atoms with Gasteiger partial charge in [0, 0.05) is 19.4 Å². The summed E-state index contributed by atoms with van der Waals surface area (Å²) >= 11 is 0. The lowest BCUT2D eigenvalue weighted by atomic mass is 9.96. The molecule has 1 atom stereocenters. The maximum atomic E-state index is 11.9. The zero-order valence-electron chi connectivity index (χ0n) is 9.19. The SMILES string of the molecule is CC(C)C(C#N)C(=O)N(C)c1cc[nH]c1. The molecular formula is C11H15N3O. The second-order valence-corrected chi connectivity index (χ2v) is 3.82. The monoisotopic (exact) mass is 205 g/mol. The maximum Gasteiger partial charge on any atom is 0.244 e. The van der Waals surface area contributed by atoms with Crippen LogP contribution in [0.4, 0.5) is 5.69 Å². The third-order valence-electron chi connectivity index (χ3n) is 2.37. The zero-order chi connectivity index (χ0) is 11.4. The van der Waals surface area contributed by atoms with Crippen molar-refractivity contribution in [2.45, 2.75) is 13.8 Å². The Balaban J connectivity index is 2.81. The fraction of sp³-hybridized carbons (Fsp3) is 0.455. The lowest BCUT2D eigenvalue weighted by molar-refractivity contribution is -0.121. The molecule has 80 valence electrons. The lowest BCUT2D eigenvalue weighted by Crippen LogP contribution is -2.34. The molecule has 0 bridgehead atoms. The number of hydrogen-bond donors (Lipinski definition) is 1. The number of H-pyrrole nitrogens is 1. The predicted molar refractivity (Wildman–Crippen MR) is 58.1 cm³/mol. The summed E-state index contributed by atoms with van der Waals surface area (Å²) in [7, 11) is 1.68. The van der Waals surface area contributed by atoms with Gasteiger partial charge in [-0.2, -0.15) is 5.26 Å². The zero-order valence-corrected chi connectivity index (χ0v) is 9.19. The second kappa shape index (κ2) is 4.65. The minimum atomic E-state index is -0.579. The van der Waals surface area contributed by atoms with E-state index in [0.717, 1.165) is 5.69 Å². The number of hydrogen-bond acceptors (Lipinski definition) is 2. The fourth-order valence-electron chi connectivity index (χ4n) is 1.35. The average molecular weight is 205 g/mol. The van der Waals surface area contributed by atoms with Gasteiger partial charge in [0.2, 0.25) is 5.91 Å². The van der Waals surface area contributed by atoms with Crippen LogP contribution in [0.2, 0.25) is 0 Å². The highest BCUT2D eigenvalue weighted by atomic mass is 16.2. The van der Waals surface area contributed by atoms with Crippen LogP contribution in [0.1, 0.15) is 13.8 Å². The van der Waals surface area contributed by atoms with Crippen LogP contribution in [-0.2, 0) is 4.79 Å². The Bertz CT molecular complexity index is 362. The number of anilines is 1. The van der Waals surface area contributed by atoms with Gasteiger partial charge in [0.1, 0.15) is 5.92 Å². The summed E-state index contributed by atoms with van der Waals surface area (Å²) in [5.41, 5.74) is 0.779. The summed E-state index contributed by atoms with van der Waals surface area (Å²) < 4.78 is 0. The van der Waals surface area contributed by atoms with E-state index in [-0.39, 0.29) is 11.8 Å². The van der Waals surface area contributed by atoms with Crippen molar-refractivity contribution in [3.63, 3.8) is 0 Å². The standard InChI is InChI=1S/C11H15N3O/c1-8(2)10(6-12)11(15)14(3)9-4-5-13-7-9/h4-5,7-8,10,13H,1-3H3. The van der Waals surface area contributed by atoms with Gasteiger partial charge in [-0.05, 0) is 12.0 Å². The van der Waals surface area contributed by atoms with Crippen LogP contribution >= 0.6 is 0 Å². The van der Waals surface area contributed by atoms with Crippen molar-refractivity contribution in [1.29, 1.82) is 5.26 Å². The second-order valence-electron chi connectivity index (χ2n) is 3.82. The van der Waals surface area contributed by atoms with E-state index in [9.17, 15) is 4.79 Å². The van der Waals surface area contributed by atoms with Crippen molar-refractivity contribution >= 4 is 11.6 Å². The minimum absolute atomic E-state index is 0.0314. The molecule has 15 heavy (non-hydrogen) atoms. The van der Waals surface area contributed by atoms with Gasteiger partial charge in [0.05, 0.1) is 11.8 Å². The summed E-state index contributed by atoms with van der Waals surface area (Å²) in [6.07, 6.45) is 3.47. The number of aromatic nitrogens is 1.